The molecule has 0 N–H and O–H groups in total. The molecule has 2 atom stereocenters. The van der Waals surface area contributed by atoms with E-state index in [1.165, 1.54) is 0 Å². The van der Waals surface area contributed by atoms with Gasteiger partial charge in [-0.2, -0.15) is 0 Å². The fraction of sp³-hybridized carbons (Fsp3) is 1.00. The lowest BCUT2D eigenvalue weighted by Crippen LogP contribution is -2.30. The van der Waals surface area contributed by atoms with Crippen molar-refractivity contribution in [2.45, 2.75) is 31.1 Å². The molecule has 2 saturated carbocycles. The Morgan fingerprint density at radius 2 is 1.64 bits per heavy atom. The molecule has 0 amide bonds. The predicted octanol–water partition coefficient (Wildman–Crippen LogP) is 2.69. The third kappa shape index (κ3) is 0.754. The van der Waals surface area contributed by atoms with Crippen LogP contribution in [0.2, 0.25) is 0 Å². The Morgan fingerprint density at radius 3 is 1.82 bits per heavy atom. The van der Waals surface area contributed by atoms with E-state index < -0.39 is 30.1 Å². The Bertz CT molecular complexity index is 187. The molecule has 0 saturated heterocycles. The first-order valence-corrected chi connectivity index (χ1v) is 3.70. The second-order valence-corrected chi connectivity index (χ2v) is 3.47. The average molecular weight is 168 g/mol. The molecule has 0 nitrogen and oxygen atoms in total. The average Bonchev–Trinajstić information content (AvgIpc) is 2.15. The van der Waals surface area contributed by atoms with Gasteiger partial charge in [-0.05, 0) is 12.8 Å². The van der Waals surface area contributed by atoms with Gasteiger partial charge in [-0.25, -0.2) is 17.6 Å². The van der Waals surface area contributed by atoms with Gasteiger partial charge >= 0.3 is 0 Å². The highest BCUT2D eigenvalue weighted by molar-refractivity contribution is 5.06. The van der Waals surface area contributed by atoms with Crippen molar-refractivity contribution in [2.24, 2.45) is 11.8 Å². The van der Waals surface area contributed by atoms with E-state index in [4.69, 9.17) is 0 Å². The van der Waals surface area contributed by atoms with Crippen molar-refractivity contribution in [1.29, 1.82) is 0 Å². The van der Waals surface area contributed by atoms with Crippen molar-refractivity contribution in [1.82, 2.24) is 0 Å². The zero-order chi connectivity index (χ0) is 8.28. The van der Waals surface area contributed by atoms with Crippen molar-refractivity contribution in [3.8, 4) is 0 Å². The maximum atomic E-state index is 12.8. The molecule has 11 heavy (non-hydrogen) atoms. The normalized spacial score (nSPS) is 44.7. The lowest BCUT2D eigenvalue weighted by atomic mass is 9.97. The monoisotopic (exact) mass is 168 g/mol. The fourth-order valence-electron chi connectivity index (χ4n) is 2.24. The summed E-state index contributed by atoms with van der Waals surface area (Å²) in [7, 11) is 0. The maximum Gasteiger partial charge on any atom is 0.259 e. The summed E-state index contributed by atoms with van der Waals surface area (Å²) < 4.78 is 50.9. The van der Waals surface area contributed by atoms with E-state index >= 15 is 0 Å². The van der Waals surface area contributed by atoms with E-state index in [0.29, 0.717) is 0 Å². The van der Waals surface area contributed by atoms with Crippen LogP contribution in [-0.4, -0.2) is 11.8 Å². The maximum absolute atomic E-state index is 12.8. The summed E-state index contributed by atoms with van der Waals surface area (Å²) in [6, 6.07) is 0. The minimum absolute atomic E-state index is 0.00926. The molecule has 0 aromatic rings. The molecule has 0 aromatic heterocycles. The Balaban J connectivity index is 2.33. The molecule has 2 fully saturated rings. The zero-order valence-corrected chi connectivity index (χ0v) is 5.79. The van der Waals surface area contributed by atoms with Crippen LogP contribution in [0.15, 0.2) is 0 Å². The molecular weight excluding hydrogens is 160 g/mol. The molecule has 2 unspecified atom stereocenters. The summed E-state index contributed by atoms with van der Waals surface area (Å²) in [6.07, 6.45) is -0.345. The van der Waals surface area contributed by atoms with Crippen molar-refractivity contribution in [3.05, 3.63) is 0 Å². The van der Waals surface area contributed by atoms with Gasteiger partial charge in [0.05, 0.1) is 5.92 Å². The molecule has 0 aliphatic heterocycles. The quantitative estimate of drug-likeness (QED) is 0.488. The molecule has 0 heterocycles. The van der Waals surface area contributed by atoms with E-state index in [0.717, 1.165) is 0 Å². The van der Waals surface area contributed by atoms with E-state index in [9.17, 15) is 17.6 Å². The minimum atomic E-state index is -3.10. The van der Waals surface area contributed by atoms with Gasteiger partial charge in [0, 0.05) is 12.3 Å². The highest BCUT2D eigenvalue weighted by atomic mass is 19.3. The van der Waals surface area contributed by atoms with Gasteiger partial charge in [0.15, 0.2) is 0 Å². The van der Waals surface area contributed by atoms with E-state index in [-0.39, 0.29) is 12.8 Å². The second-order valence-electron chi connectivity index (χ2n) is 3.47. The van der Waals surface area contributed by atoms with Crippen molar-refractivity contribution < 1.29 is 17.6 Å². The van der Waals surface area contributed by atoms with Gasteiger partial charge < -0.3 is 0 Å². The van der Waals surface area contributed by atoms with Crippen LogP contribution in [0.25, 0.3) is 0 Å². The molecule has 4 heteroatoms. The first-order valence-electron chi connectivity index (χ1n) is 3.70. The van der Waals surface area contributed by atoms with Crippen LogP contribution in [0.3, 0.4) is 0 Å². The minimum Gasteiger partial charge on any atom is -0.206 e. The molecule has 2 rings (SSSR count). The van der Waals surface area contributed by atoms with Gasteiger partial charge in [0.25, 0.3) is 11.8 Å². The van der Waals surface area contributed by atoms with Crippen LogP contribution in [0, 0.1) is 11.8 Å². The van der Waals surface area contributed by atoms with Crippen LogP contribution < -0.4 is 0 Å². The van der Waals surface area contributed by atoms with Crippen LogP contribution in [0.5, 0.6) is 0 Å². The summed E-state index contributed by atoms with van der Waals surface area (Å²) in [5.74, 6) is -8.92. The largest absolute Gasteiger partial charge is 0.259 e. The number of hydrogen-bond acceptors (Lipinski definition) is 0. The third-order valence-corrected chi connectivity index (χ3v) is 2.84. The fourth-order valence-corrected chi connectivity index (χ4v) is 2.24. The molecular formula is C7H8F4. The Kier molecular flexibility index (Phi) is 1.15. The SMILES string of the molecule is FC1(F)CC2CCC1C2(F)F. The topological polar surface area (TPSA) is 0 Å². The summed E-state index contributed by atoms with van der Waals surface area (Å²) in [6.45, 7) is 0. The smallest absolute Gasteiger partial charge is 0.206 e. The molecule has 2 aliphatic rings. The predicted molar refractivity (Wildman–Crippen MR) is 30.7 cm³/mol. The van der Waals surface area contributed by atoms with Crippen LogP contribution >= 0.6 is 0 Å². The number of hydrogen-bond donors (Lipinski definition) is 0. The van der Waals surface area contributed by atoms with E-state index in [1.54, 1.807) is 0 Å². The van der Waals surface area contributed by atoms with E-state index in [2.05, 4.69) is 0 Å². The molecule has 0 radical (unpaired) electrons. The Hall–Kier alpha value is -0.280. The van der Waals surface area contributed by atoms with Gasteiger partial charge in [0.1, 0.15) is 0 Å². The summed E-state index contributed by atoms with van der Waals surface area (Å²) in [5, 5.41) is 0. The van der Waals surface area contributed by atoms with Crippen LogP contribution in [0.1, 0.15) is 19.3 Å². The third-order valence-electron chi connectivity index (χ3n) is 2.84. The Morgan fingerprint density at radius 1 is 1.00 bits per heavy atom. The number of fused-ring (bicyclic) bond motifs is 2. The lowest BCUT2D eigenvalue weighted by Gasteiger charge is -2.20. The number of rotatable bonds is 0. The number of alkyl halides is 4. The molecule has 64 valence electrons. The Labute approximate surface area is 61.6 Å². The van der Waals surface area contributed by atoms with Crippen LogP contribution in [0.4, 0.5) is 17.6 Å². The molecule has 0 spiro atoms. The first-order chi connectivity index (χ1) is 4.94. The highest BCUT2D eigenvalue weighted by Gasteiger charge is 2.69. The van der Waals surface area contributed by atoms with Gasteiger partial charge in [-0.1, -0.05) is 0 Å². The van der Waals surface area contributed by atoms with E-state index in [1.807, 2.05) is 0 Å². The summed E-state index contributed by atoms with van der Waals surface area (Å²) in [5.41, 5.74) is 0. The van der Waals surface area contributed by atoms with Gasteiger partial charge in [0.2, 0.25) is 0 Å². The second kappa shape index (κ2) is 1.72. The molecule has 2 bridgehead atoms. The van der Waals surface area contributed by atoms with Crippen molar-refractivity contribution in [2.75, 3.05) is 0 Å². The first kappa shape index (κ1) is 7.37. The molecule has 2 aliphatic carbocycles. The van der Waals surface area contributed by atoms with Crippen molar-refractivity contribution >= 4 is 0 Å². The van der Waals surface area contributed by atoms with Crippen molar-refractivity contribution in [3.63, 3.8) is 0 Å². The van der Waals surface area contributed by atoms with Gasteiger partial charge in [-0.15, -0.1) is 0 Å². The number of halogens is 4. The lowest BCUT2D eigenvalue weighted by molar-refractivity contribution is -0.111. The standard InChI is InChI=1S/C7H8F4/c8-6(9)3-4-1-2-5(6)7(4,10)11/h4-5H,1-3H2. The van der Waals surface area contributed by atoms with Gasteiger partial charge in [-0.3, -0.25) is 0 Å². The zero-order valence-electron chi connectivity index (χ0n) is 5.79. The molecule has 0 aromatic carbocycles. The summed E-state index contributed by atoms with van der Waals surface area (Å²) >= 11 is 0. The van der Waals surface area contributed by atoms with Crippen LogP contribution in [-0.2, 0) is 0 Å². The highest BCUT2D eigenvalue weighted by Crippen LogP contribution is 2.61. The summed E-state index contributed by atoms with van der Waals surface area (Å²) in [4.78, 5) is 0.